The molecule has 0 heterocycles. The van der Waals surface area contributed by atoms with Gasteiger partial charge in [0.15, 0.2) is 0 Å². The average molecular weight is 204 g/mol. The molecule has 0 saturated heterocycles. The molecule has 0 amide bonds. The van der Waals surface area contributed by atoms with Gasteiger partial charge in [0.2, 0.25) is 0 Å². The maximum atomic E-state index is 11.3. The maximum Gasteiger partial charge on any atom is 0.135 e. The summed E-state index contributed by atoms with van der Waals surface area (Å²) in [6.45, 7) is 0. The molecule has 0 radical (unpaired) electrons. The summed E-state index contributed by atoms with van der Waals surface area (Å²) in [4.78, 5) is 11.3. The minimum absolute atomic E-state index is 0.194. The Bertz CT molecular complexity index is 345. The van der Waals surface area contributed by atoms with Gasteiger partial charge in [-0.05, 0) is 18.4 Å². The Morgan fingerprint density at radius 2 is 2.00 bits per heavy atom. The molecule has 1 aromatic rings. The van der Waals surface area contributed by atoms with Crippen LogP contribution in [0.2, 0.25) is 0 Å². The fraction of sp³-hybridized carbons (Fsp3) is 0.462. The largest absolute Gasteiger partial charge is 0.389 e. The molecule has 1 N–H and O–H groups in total. The molecule has 1 unspecified atom stereocenters. The van der Waals surface area contributed by atoms with Gasteiger partial charge in [-0.15, -0.1) is 0 Å². The fourth-order valence-electron chi connectivity index (χ4n) is 2.29. The number of benzene rings is 1. The predicted molar refractivity (Wildman–Crippen MR) is 58.6 cm³/mol. The second kappa shape index (κ2) is 4.15. The fourth-order valence-corrected chi connectivity index (χ4v) is 2.29. The Labute approximate surface area is 89.9 Å². The van der Waals surface area contributed by atoms with E-state index in [9.17, 15) is 9.90 Å². The third-order valence-corrected chi connectivity index (χ3v) is 3.00. The van der Waals surface area contributed by atoms with E-state index in [-0.39, 0.29) is 5.78 Å². The third kappa shape index (κ3) is 2.66. The van der Waals surface area contributed by atoms with Gasteiger partial charge in [-0.25, -0.2) is 0 Å². The number of Topliss-reactive ketones (excluding diaryl/α,β-unsaturated/α-hetero) is 1. The van der Waals surface area contributed by atoms with Gasteiger partial charge in [-0.1, -0.05) is 30.3 Å². The van der Waals surface area contributed by atoms with Gasteiger partial charge >= 0.3 is 0 Å². The highest BCUT2D eigenvalue weighted by molar-refractivity contribution is 5.80. The number of ketones is 1. The SMILES string of the molecule is O=C1CCCC(O)(Cc2ccccc2)C1. The second-order valence-electron chi connectivity index (χ2n) is 4.46. The maximum absolute atomic E-state index is 11.3. The first-order valence-corrected chi connectivity index (χ1v) is 5.46. The van der Waals surface area contributed by atoms with Crippen molar-refractivity contribution in [3.8, 4) is 0 Å². The summed E-state index contributed by atoms with van der Waals surface area (Å²) in [5, 5.41) is 10.3. The van der Waals surface area contributed by atoms with E-state index in [1.165, 1.54) is 0 Å². The molecule has 1 atom stereocenters. The van der Waals surface area contributed by atoms with Crippen molar-refractivity contribution in [2.24, 2.45) is 0 Å². The van der Waals surface area contributed by atoms with Crippen LogP contribution in [0.3, 0.4) is 0 Å². The van der Waals surface area contributed by atoms with Crippen molar-refractivity contribution in [1.82, 2.24) is 0 Å². The molecule has 1 saturated carbocycles. The normalized spacial score (nSPS) is 26.6. The molecule has 1 fully saturated rings. The standard InChI is InChI=1S/C13H16O2/c14-12-7-4-8-13(15,10-12)9-11-5-2-1-3-6-11/h1-3,5-6,15H,4,7-10H2. The molecule has 0 spiro atoms. The average Bonchev–Trinajstić information content (AvgIpc) is 2.18. The molecule has 2 nitrogen and oxygen atoms in total. The van der Waals surface area contributed by atoms with E-state index in [4.69, 9.17) is 0 Å². The molecular formula is C13H16O2. The van der Waals surface area contributed by atoms with Crippen molar-refractivity contribution in [2.75, 3.05) is 0 Å². The Morgan fingerprint density at radius 1 is 1.27 bits per heavy atom. The zero-order valence-electron chi connectivity index (χ0n) is 8.78. The zero-order chi connectivity index (χ0) is 10.7. The summed E-state index contributed by atoms with van der Waals surface area (Å²) >= 11 is 0. The second-order valence-corrected chi connectivity index (χ2v) is 4.46. The molecular weight excluding hydrogens is 188 g/mol. The van der Waals surface area contributed by atoms with Crippen LogP contribution in [0.25, 0.3) is 0 Å². The lowest BCUT2D eigenvalue weighted by Gasteiger charge is -2.31. The molecule has 2 heteroatoms. The Balaban J connectivity index is 2.07. The van der Waals surface area contributed by atoms with Gasteiger partial charge < -0.3 is 5.11 Å². The molecule has 2 rings (SSSR count). The van der Waals surface area contributed by atoms with Crippen molar-refractivity contribution in [3.63, 3.8) is 0 Å². The van der Waals surface area contributed by atoms with Crippen LogP contribution in [0.15, 0.2) is 30.3 Å². The van der Waals surface area contributed by atoms with Crippen molar-refractivity contribution in [1.29, 1.82) is 0 Å². The predicted octanol–water partition coefficient (Wildman–Crippen LogP) is 2.10. The lowest BCUT2D eigenvalue weighted by Crippen LogP contribution is -2.37. The minimum atomic E-state index is -0.795. The lowest BCUT2D eigenvalue weighted by molar-refractivity contribution is -0.127. The molecule has 15 heavy (non-hydrogen) atoms. The molecule has 80 valence electrons. The number of aliphatic hydroxyl groups is 1. The number of carbonyl (C=O) groups excluding carboxylic acids is 1. The van der Waals surface area contributed by atoms with Crippen molar-refractivity contribution in [2.45, 2.75) is 37.7 Å². The van der Waals surface area contributed by atoms with E-state index in [1.807, 2.05) is 30.3 Å². The summed E-state index contributed by atoms with van der Waals surface area (Å²) in [5.74, 6) is 0.194. The number of hydrogen-bond donors (Lipinski definition) is 1. The summed E-state index contributed by atoms with van der Waals surface area (Å²) in [7, 11) is 0. The number of rotatable bonds is 2. The van der Waals surface area contributed by atoms with E-state index in [0.717, 1.165) is 18.4 Å². The molecule has 0 bridgehead atoms. The van der Waals surface area contributed by atoms with E-state index in [2.05, 4.69) is 0 Å². The highest BCUT2D eigenvalue weighted by Gasteiger charge is 2.33. The van der Waals surface area contributed by atoms with Crippen LogP contribution in [0.1, 0.15) is 31.2 Å². The van der Waals surface area contributed by atoms with Gasteiger partial charge in [0.1, 0.15) is 5.78 Å². The summed E-state index contributed by atoms with van der Waals surface area (Å²) in [6, 6.07) is 9.88. The Morgan fingerprint density at radius 3 is 2.67 bits per heavy atom. The molecule has 0 aliphatic heterocycles. The first kappa shape index (κ1) is 10.4. The highest BCUT2D eigenvalue weighted by Crippen LogP contribution is 2.29. The summed E-state index contributed by atoms with van der Waals surface area (Å²) in [6.07, 6.45) is 3.12. The van der Waals surface area contributed by atoms with Crippen LogP contribution < -0.4 is 0 Å². The molecule has 1 aliphatic carbocycles. The van der Waals surface area contributed by atoms with E-state index < -0.39 is 5.60 Å². The van der Waals surface area contributed by atoms with Gasteiger partial charge in [-0.3, -0.25) is 4.79 Å². The van der Waals surface area contributed by atoms with Crippen LogP contribution in [0.4, 0.5) is 0 Å². The summed E-state index contributed by atoms with van der Waals surface area (Å²) < 4.78 is 0. The first-order valence-electron chi connectivity index (χ1n) is 5.46. The van der Waals surface area contributed by atoms with Gasteiger partial charge in [0.05, 0.1) is 5.60 Å². The molecule has 1 aliphatic rings. The van der Waals surface area contributed by atoms with E-state index in [1.54, 1.807) is 0 Å². The van der Waals surface area contributed by atoms with Gasteiger partial charge in [0.25, 0.3) is 0 Å². The summed E-state index contributed by atoms with van der Waals surface area (Å²) in [5.41, 5.74) is 0.311. The smallest absolute Gasteiger partial charge is 0.135 e. The monoisotopic (exact) mass is 204 g/mol. The van der Waals surface area contributed by atoms with Crippen molar-refractivity contribution >= 4 is 5.78 Å². The van der Waals surface area contributed by atoms with Crippen molar-refractivity contribution in [3.05, 3.63) is 35.9 Å². The number of hydrogen-bond acceptors (Lipinski definition) is 2. The van der Waals surface area contributed by atoms with E-state index in [0.29, 0.717) is 19.3 Å². The van der Waals surface area contributed by atoms with Crippen LogP contribution >= 0.6 is 0 Å². The number of carbonyl (C=O) groups is 1. The first-order chi connectivity index (χ1) is 7.18. The lowest BCUT2D eigenvalue weighted by atomic mass is 9.80. The van der Waals surface area contributed by atoms with Gasteiger partial charge in [-0.2, -0.15) is 0 Å². The van der Waals surface area contributed by atoms with Crippen LogP contribution in [0.5, 0.6) is 0 Å². The van der Waals surface area contributed by atoms with Gasteiger partial charge in [0, 0.05) is 19.3 Å². The topological polar surface area (TPSA) is 37.3 Å². The third-order valence-electron chi connectivity index (χ3n) is 3.00. The van der Waals surface area contributed by atoms with Crippen LogP contribution in [-0.4, -0.2) is 16.5 Å². The molecule has 1 aromatic carbocycles. The highest BCUT2D eigenvalue weighted by atomic mass is 16.3. The van der Waals surface area contributed by atoms with Crippen LogP contribution in [0, 0.1) is 0 Å². The zero-order valence-corrected chi connectivity index (χ0v) is 8.78. The minimum Gasteiger partial charge on any atom is -0.389 e. The van der Waals surface area contributed by atoms with Crippen molar-refractivity contribution < 1.29 is 9.90 Å². The van der Waals surface area contributed by atoms with Crippen LogP contribution in [-0.2, 0) is 11.2 Å². The Hall–Kier alpha value is -1.15. The quantitative estimate of drug-likeness (QED) is 0.801. The Kier molecular flexibility index (Phi) is 2.87. The van der Waals surface area contributed by atoms with E-state index >= 15 is 0 Å². The molecule has 0 aromatic heterocycles.